The van der Waals surface area contributed by atoms with E-state index in [1.807, 2.05) is 52.8 Å². The first kappa shape index (κ1) is 29.4. The van der Waals surface area contributed by atoms with Crippen molar-refractivity contribution in [1.82, 2.24) is 20.1 Å². The van der Waals surface area contributed by atoms with Crippen molar-refractivity contribution < 1.29 is 18.4 Å². The van der Waals surface area contributed by atoms with Crippen LogP contribution in [0.5, 0.6) is 0 Å². The third kappa shape index (κ3) is 5.94. The Hall–Kier alpha value is -4.05. The van der Waals surface area contributed by atoms with Gasteiger partial charge in [-0.15, -0.1) is 11.8 Å². The number of hydrogen-bond donors (Lipinski definition) is 1. The summed E-state index contributed by atoms with van der Waals surface area (Å²) in [6.07, 6.45) is 3.29. The normalized spacial score (nSPS) is 15.4. The highest BCUT2D eigenvalue weighted by atomic mass is 32.2. The van der Waals surface area contributed by atoms with Gasteiger partial charge in [0.1, 0.15) is 24.0 Å². The maximum atomic E-state index is 15.3. The summed E-state index contributed by atoms with van der Waals surface area (Å²) >= 11 is 1.25. The Morgan fingerprint density at radius 3 is 2.48 bits per heavy atom. The summed E-state index contributed by atoms with van der Waals surface area (Å²) in [7, 11) is 0. The van der Waals surface area contributed by atoms with Gasteiger partial charge in [-0.05, 0) is 49.2 Å². The molecule has 2 amide bonds. The van der Waals surface area contributed by atoms with Crippen LogP contribution in [0.15, 0.2) is 60.9 Å². The molecule has 0 radical (unpaired) electrons. The van der Waals surface area contributed by atoms with Crippen LogP contribution in [0.2, 0.25) is 0 Å². The van der Waals surface area contributed by atoms with Gasteiger partial charge in [-0.3, -0.25) is 19.5 Å². The Balaban J connectivity index is 1.70. The summed E-state index contributed by atoms with van der Waals surface area (Å²) in [6, 6.07) is 13.0. The predicted octanol–water partition coefficient (Wildman–Crippen LogP) is 5.95. The second kappa shape index (κ2) is 11.7. The third-order valence-corrected chi connectivity index (χ3v) is 8.40. The lowest BCUT2D eigenvalue weighted by molar-refractivity contribution is -0.123. The molecule has 2 aromatic carbocycles. The van der Waals surface area contributed by atoms with Crippen molar-refractivity contribution in [3.8, 4) is 5.69 Å². The number of nitrogens with zero attached hydrogens (tertiary/aromatic N) is 4. The first-order valence-electron chi connectivity index (χ1n) is 13.7. The monoisotopic (exact) mass is 589 g/mol. The van der Waals surface area contributed by atoms with Crippen LogP contribution in [0.3, 0.4) is 0 Å². The van der Waals surface area contributed by atoms with Crippen LogP contribution in [0.1, 0.15) is 59.5 Å². The molecule has 1 aliphatic heterocycles. The molecule has 10 heteroatoms. The van der Waals surface area contributed by atoms with Crippen LogP contribution in [-0.2, 0) is 21.5 Å². The molecule has 2 aromatic heterocycles. The molecule has 0 saturated heterocycles. The zero-order valence-electron chi connectivity index (χ0n) is 24.2. The van der Waals surface area contributed by atoms with Gasteiger partial charge in [-0.2, -0.15) is 5.10 Å². The number of carbonyl (C=O) groups is 2. The van der Waals surface area contributed by atoms with E-state index in [1.165, 1.54) is 28.8 Å². The number of fused-ring (bicyclic) bond motifs is 1. The second-order valence-electron chi connectivity index (χ2n) is 11.5. The Bertz CT molecular complexity index is 1650. The fourth-order valence-corrected chi connectivity index (χ4v) is 6.36. The number of thioether (sulfide) groups is 1. The van der Waals surface area contributed by atoms with Crippen LogP contribution >= 0.6 is 11.8 Å². The summed E-state index contributed by atoms with van der Waals surface area (Å²) in [4.78, 5) is 32.6. The Morgan fingerprint density at radius 2 is 1.81 bits per heavy atom. The van der Waals surface area contributed by atoms with E-state index in [0.717, 1.165) is 28.4 Å². The summed E-state index contributed by atoms with van der Waals surface area (Å²) in [5, 5.41) is 7.28. The number of amides is 2. The fraction of sp³-hybridized carbons (Fsp3) is 0.312. The first-order valence-corrected chi connectivity index (χ1v) is 14.7. The van der Waals surface area contributed by atoms with E-state index in [4.69, 9.17) is 5.10 Å². The van der Waals surface area contributed by atoms with E-state index >= 15 is 4.39 Å². The lowest BCUT2D eigenvalue weighted by Crippen LogP contribution is -2.42. The Morgan fingerprint density at radius 1 is 1.07 bits per heavy atom. The minimum absolute atomic E-state index is 0.00966. The zero-order chi connectivity index (χ0) is 30.2. The number of pyridine rings is 1. The molecule has 5 rings (SSSR count). The van der Waals surface area contributed by atoms with Gasteiger partial charge >= 0.3 is 0 Å². The van der Waals surface area contributed by atoms with Crippen molar-refractivity contribution in [3.05, 3.63) is 106 Å². The molecule has 3 heterocycles. The molecule has 7 nitrogen and oxygen atoms in total. The lowest BCUT2D eigenvalue weighted by Gasteiger charge is -2.25. The van der Waals surface area contributed by atoms with Crippen LogP contribution in [0.25, 0.3) is 5.69 Å². The molecule has 1 atom stereocenters. The number of rotatable bonds is 6. The number of anilines is 1. The molecule has 0 fully saturated rings. The Labute approximate surface area is 248 Å². The fourth-order valence-electron chi connectivity index (χ4n) is 5.14. The van der Waals surface area contributed by atoms with Gasteiger partial charge in [0.05, 0.1) is 22.4 Å². The lowest BCUT2D eigenvalue weighted by atomic mass is 9.87. The van der Waals surface area contributed by atoms with Crippen LogP contribution in [0, 0.1) is 25.5 Å². The van der Waals surface area contributed by atoms with E-state index < -0.39 is 22.3 Å². The highest BCUT2D eigenvalue weighted by molar-refractivity contribution is 8.00. The number of halogens is 2. The van der Waals surface area contributed by atoms with Crippen LogP contribution < -0.4 is 10.2 Å². The van der Waals surface area contributed by atoms with Gasteiger partial charge < -0.3 is 5.32 Å². The average Bonchev–Trinajstić information content (AvgIpc) is 3.26. The quantitative estimate of drug-likeness (QED) is 0.301. The first-order chi connectivity index (χ1) is 19.9. The van der Waals surface area contributed by atoms with Crippen LogP contribution in [-0.4, -0.2) is 38.9 Å². The SMILES string of the molecule is Cc1ccc(-n2nc(C(C)(C)C)c3c2N(CC(=O)NCc2ccncc2)C(=O)CS[C@@H]3c2ccc(F)cc2F)c(C)c1. The van der Waals surface area contributed by atoms with Crippen molar-refractivity contribution in [2.24, 2.45) is 0 Å². The number of aromatic nitrogens is 3. The van der Waals surface area contributed by atoms with Gasteiger partial charge in [0.25, 0.3) is 0 Å². The van der Waals surface area contributed by atoms with E-state index in [1.54, 1.807) is 29.2 Å². The smallest absolute Gasteiger partial charge is 0.240 e. The number of benzene rings is 2. The summed E-state index contributed by atoms with van der Waals surface area (Å²) < 4.78 is 31.0. The minimum atomic E-state index is -0.700. The van der Waals surface area contributed by atoms with Crippen molar-refractivity contribution in [2.75, 3.05) is 17.2 Å². The molecule has 218 valence electrons. The molecule has 1 N–H and O–H groups in total. The molecule has 0 aliphatic carbocycles. The molecule has 42 heavy (non-hydrogen) atoms. The number of carbonyl (C=O) groups excluding carboxylic acids is 2. The molecule has 1 aliphatic rings. The molecule has 0 unspecified atom stereocenters. The standard InChI is InChI=1S/C32H33F2N5O2S/c1-19-6-9-25(20(2)14-19)39-31-28(30(37-39)32(3,4)5)29(23-8-7-22(33)15-24(23)34)42-18-27(41)38(31)17-26(40)36-16-21-10-12-35-13-11-21/h6-15,29H,16-18H2,1-5H3,(H,36,40)/t29-/m1/s1. The van der Waals surface area contributed by atoms with Gasteiger partial charge in [-0.25, -0.2) is 13.5 Å². The molecular formula is C32H33F2N5O2S. The van der Waals surface area contributed by atoms with Gasteiger partial charge in [0.2, 0.25) is 11.8 Å². The Kier molecular flexibility index (Phi) is 8.19. The van der Waals surface area contributed by atoms with Crippen molar-refractivity contribution in [1.29, 1.82) is 0 Å². The summed E-state index contributed by atoms with van der Waals surface area (Å²) in [5.41, 5.74) is 4.65. The van der Waals surface area contributed by atoms with Gasteiger partial charge in [0.15, 0.2) is 0 Å². The topological polar surface area (TPSA) is 80.1 Å². The molecule has 4 aromatic rings. The second-order valence-corrected chi connectivity index (χ2v) is 12.6. The van der Waals surface area contributed by atoms with Crippen molar-refractivity contribution in [2.45, 2.75) is 51.8 Å². The maximum absolute atomic E-state index is 15.3. The van der Waals surface area contributed by atoms with Crippen molar-refractivity contribution in [3.63, 3.8) is 0 Å². The van der Waals surface area contributed by atoms with E-state index in [0.29, 0.717) is 17.1 Å². The van der Waals surface area contributed by atoms with E-state index in [-0.39, 0.29) is 36.2 Å². The van der Waals surface area contributed by atoms with Crippen LogP contribution in [0.4, 0.5) is 14.6 Å². The van der Waals surface area contributed by atoms with Crippen molar-refractivity contribution >= 4 is 29.4 Å². The maximum Gasteiger partial charge on any atom is 0.240 e. The number of hydrogen-bond acceptors (Lipinski definition) is 5. The van der Waals surface area contributed by atoms with Gasteiger partial charge in [0, 0.05) is 41.5 Å². The largest absolute Gasteiger partial charge is 0.350 e. The van der Waals surface area contributed by atoms with E-state index in [9.17, 15) is 14.0 Å². The predicted molar refractivity (Wildman–Crippen MR) is 161 cm³/mol. The number of aryl methyl sites for hydroxylation is 2. The van der Waals surface area contributed by atoms with E-state index in [2.05, 4.69) is 10.3 Å². The minimum Gasteiger partial charge on any atom is -0.350 e. The third-order valence-electron chi connectivity index (χ3n) is 7.17. The summed E-state index contributed by atoms with van der Waals surface area (Å²) in [6.45, 7) is 9.99. The zero-order valence-corrected chi connectivity index (χ0v) is 25.1. The van der Waals surface area contributed by atoms with Gasteiger partial charge in [-0.1, -0.05) is 44.5 Å². The molecule has 0 spiro atoms. The highest BCUT2D eigenvalue weighted by Crippen LogP contribution is 2.49. The molecule has 0 saturated carbocycles. The highest BCUT2D eigenvalue weighted by Gasteiger charge is 2.40. The average molecular weight is 590 g/mol. The molecular weight excluding hydrogens is 556 g/mol. The number of nitrogens with one attached hydrogen (secondary N) is 1. The summed E-state index contributed by atoms with van der Waals surface area (Å²) in [5.74, 6) is -1.64. The molecule has 0 bridgehead atoms.